The lowest BCUT2D eigenvalue weighted by molar-refractivity contribution is 0.0980. The van der Waals surface area contributed by atoms with E-state index in [1.807, 2.05) is 13.8 Å². The van der Waals surface area contributed by atoms with E-state index in [2.05, 4.69) is 20.1 Å². The van der Waals surface area contributed by atoms with Crippen molar-refractivity contribution in [1.82, 2.24) is 20.2 Å². The molecule has 10 nitrogen and oxygen atoms in total. The fraction of sp³-hybridized carbons (Fsp3) is 0.500. The molecule has 0 spiro atoms. The van der Waals surface area contributed by atoms with Crippen LogP contribution in [0.4, 0.5) is 13.9 Å². The second-order valence-electron chi connectivity index (χ2n) is 14.1. The van der Waals surface area contributed by atoms with E-state index in [9.17, 15) is 22.0 Å². The molecule has 2 N–H and O–H groups in total. The molecule has 0 radical (unpaired) electrons. The molecule has 2 unspecified atom stereocenters. The van der Waals surface area contributed by atoms with Crippen molar-refractivity contribution in [3.8, 4) is 17.0 Å². The molecule has 2 atom stereocenters. The van der Waals surface area contributed by atoms with Crippen molar-refractivity contribution in [2.75, 3.05) is 4.90 Å². The van der Waals surface area contributed by atoms with Crippen molar-refractivity contribution < 1.29 is 31.3 Å². The topological polar surface area (TPSA) is 127 Å². The highest BCUT2D eigenvalue weighted by molar-refractivity contribution is 7.91. The number of hydrogen-bond donors (Lipinski definition) is 2. The van der Waals surface area contributed by atoms with Crippen LogP contribution >= 0.6 is 11.3 Å². The molecule has 1 amide bonds. The minimum absolute atomic E-state index is 0.154. The average Bonchev–Trinajstić information content (AvgIpc) is 3.93. The summed E-state index contributed by atoms with van der Waals surface area (Å²) in [6, 6.07) is 7.76. The SMILES string of the molecule is CC(C)Oc1cc(C(=O)NS(=O)(=O)C2(C)CC2)cc2sc(N3C4CC(NCc5c(-c6c(F)cccc6F)noc5C5CC5)CC3C4)nc12. The molecular weight excluding hydrogens is 661 g/mol. The third kappa shape index (κ3) is 5.55. The lowest BCUT2D eigenvalue weighted by Gasteiger charge is -2.55. The Morgan fingerprint density at radius 1 is 1.15 bits per heavy atom. The van der Waals surface area contributed by atoms with Gasteiger partial charge in [0, 0.05) is 41.7 Å². The number of thiazole rings is 1. The Labute approximate surface area is 281 Å². The molecule has 3 aliphatic carbocycles. The Kier molecular flexibility index (Phi) is 7.57. The first kappa shape index (κ1) is 31.6. The number of benzene rings is 2. The van der Waals surface area contributed by atoms with Crippen LogP contribution in [-0.4, -0.2) is 53.4 Å². The van der Waals surface area contributed by atoms with Gasteiger partial charge in [-0.15, -0.1) is 0 Å². The smallest absolute Gasteiger partial charge is 0.264 e. The van der Waals surface area contributed by atoms with Crippen LogP contribution in [0.5, 0.6) is 5.75 Å². The van der Waals surface area contributed by atoms with E-state index < -0.39 is 32.3 Å². The summed E-state index contributed by atoms with van der Waals surface area (Å²) in [6.07, 6.45) is 5.57. The lowest BCUT2D eigenvalue weighted by atomic mass is 9.77. The number of carbonyl (C=O) groups is 1. The number of hydrogen-bond acceptors (Lipinski definition) is 10. The van der Waals surface area contributed by atoms with Gasteiger partial charge in [0.1, 0.15) is 34.4 Å². The fourth-order valence-corrected chi connectivity index (χ4v) is 9.41. The van der Waals surface area contributed by atoms with Crippen LogP contribution in [0.15, 0.2) is 34.9 Å². The minimum atomic E-state index is -3.79. The zero-order chi connectivity index (χ0) is 33.5. The van der Waals surface area contributed by atoms with E-state index >= 15 is 0 Å². The van der Waals surface area contributed by atoms with Crippen molar-refractivity contribution in [3.63, 3.8) is 0 Å². The van der Waals surface area contributed by atoms with Gasteiger partial charge in [-0.3, -0.25) is 4.79 Å². The molecule has 2 saturated heterocycles. The normalized spacial score (nSPS) is 23.0. The number of halogens is 2. The van der Waals surface area contributed by atoms with Gasteiger partial charge in [0.15, 0.2) is 5.13 Å². The highest BCUT2D eigenvalue weighted by Gasteiger charge is 2.51. The maximum absolute atomic E-state index is 14.7. The van der Waals surface area contributed by atoms with Gasteiger partial charge in [-0.1, -0.05) is 22.6 Å². The number of amides is 1. The van der Waals surface area contributed by atoms with Gasteiger partial charge in [0.25, 0.3) is 5.91 Å². The first-order valence-electron chi connectivity index (χ1n) is 16.5. The van der Waals surface area contributed by atoms with Gasteiger partial charge in [0.05, 0.1) is 21.1 Å². The molecule has 2 aromatic carbocycles. The fourth-order valence-electron chi connectivity index (χ4n) is 7.00. The summed E-state index contributed by atoms with van der Waals surface area (Å²) < 4.78 is 68.8. The highest BCUT2D eigenvalue weighted by atomic mass is 32.2. The average molecular weight is 698 g/mol. The van der Waals surface area contributed by atoms with Crippen molar-refractivity contribution >= 4 is 42.6 Å². The van der Waals surface area contributed by atoms with Crippen LogP contribution in [-0.2, 0) is 16.6 Å². The summed E-state index contributed by atoms with van der Waals surface area (Å²) in [5.74, 6) is -0.618. The first-order valence-corrected chi connectivity index (χ1v) is 18.8. The predicted molar refractivity (Wildman–Crippen MR) is 178 cm³/mol. The Morgan fingerprint density at radius 2 is 1.85 bits per heavy atom. The molecule has 9 rings (SSSR count). The summed E-state index contributed by atoms with van der Waals surface area (Å²) in [6.45, 7) is 5.82. The number of rotatable bonds is 11. The molecule has 254 valence electrons. The van der Waals surface area contributed by atoms with Crippen LogP contribution in [0.2, 0.25) is 0 Å². The number of piperidine rings is 1. The van der Waals surface area contributed by atoms with Gasteiger partial charge in [-0.2, -0.15) is 0 Å². The van der Waals surface area contributed by atoms with Crippen LogP contribution in [0.3, 0.4) is 0 Å². The lowest BCUT2D eigenvalue weighted by Crippen LogP contribution is -2.64. The second kappa shape index (κ2) is 11.5. The van der Waals surface area contributed by atoms with Gasteiger partial charge in [0.2, 0.25) is 10.0 Å². The maximum Gasteiger partial charge on any atom is 0.264 e. The molecule has 2 aromatic heterocycles. The van der Waals surface area contributed by atoms with Gasteiger partial charge in [-0.05, 0) is 90.0 Å². The number of aromatic nitrogens is 2. The molecule has 2 aliphatic heterocycles. The number of anilines is 1. The van der Waals surface area contributed by atoms with Crippen molar-refractivity contribution in [2.24, 2.45) is 0 Å². The van der Waals surface area contributed by atoms with Gasteiger partial charge in [-0.25, -0.2) is 26.9 Å². The largest absolute Gasteiger partial charge is 0.489 e. The number of sulfonamides is 1. The molecule has 2 bridgehead atoms. The van der Waals surface area contributed by atoms with E-state index in [1.54, 1.807) is 19.1 Å². The standard InChI is InChI=1S/C34H37F2N5O5S2/c1-17(2)45-26-11-19(32(42)40-48(43,44)34(3)9-10-34)12-27-30(26)38-33(47-27)41-21-13-20(14-22(41)15-21)37-16-23-29(39-46-31(23)18-7-8-18)28-24(35)5-4-6-25(28)36/h4-6,11-12,17-18,20-22,37H,7-10,13-16H2,1-3H3,(H,40,42). The zero-order valence-electron chi connectivity index (χ0n) is 26.9. The Morgan fingerprint density at radius 3 is 2.50 bits per heavy atom. The van der Waals surface area contributed by atoms with Gasteiger partial charge < -0.3 is 19.5 Å². The molecule has 48 heavy (non-hydrogen) atoms. The first-order chi connectivity index (χ1) is 22.9. The minimum Gasteiger partial charge on any atom is -0.489 e. The zero-order valence-corrected chi connectivity index (χ0v) is 28.5. The molecule has 5 aliphatic rings. The Bertz CT molecular complexity index is 2010. The number of fused-ring (bicyclic) bond motifs is 3. The van der Waals surface area contributed by atoms with Crippen molar-refractivity contribution in [2.45, 2.75) is 107 Å². The summed E-state index contributed by atoms with van der Waals surface area (Å²) in [5.41, 5.74) is 1.65. The molecule has 4 heterocycles. The van der Waals surface area contributed by atoms with E-state index in [0.29, 0.717) is 36.4 Å². The van der Waals surface area contributed by atoms with Gasteiger partial charge >= 0.3 is 0 Å². The molecule has 3 saturated carbocycles. The summed E-state index contributed by atoms with van der Waals surface area (Å²) >= 11 is 1.47. The van der Waals surface area contributed by atoms with Crippen molar-refractivity contribution in [3.05, 3.63) is 58.9 Å². The maximum atomic E-state index is 14.7. The quantitative estimate of drug-likeness (QED) is 0.183. The van der Waals surface area contributed by atoms with Crippen LogP contribution in [0.1, 0.15) is 93.3 Å². The Balaban J connectivity index is 0.998. The number of nitrogens with zero attached hydrogens (tertiary/aromatic N) is 3. The monoisotopic (exact) mass is 697 g/mol. The predicted octanol–water partition coefficient (Wildman–Crippen LogP) is 6.41. The second-order valence-corrected chi connectivity index (χ2v) is 17.3. The number of nitrogens with one attached hydrogen (secondary N) is 2. The molecular formula is C34H37F2N5O5S2. The Hall–Kier alpha value is -3.62. The van der Waals surface area contributed by atoms with E-state index in [0.717, 1.165) is 47.5 Å². The van der Waals surface area contributed by atoms with E-state index in [-0.39, 0.29) is 47.0 Å². The molecule has 4 aromatic rings. The van der Waals surface area contributed by atoms with Crippen LogP contribution in [0, 0.1) is 11.6 Å². The highest BCUT2D eigenvalue weighted by Crippen LogP contribution is 2.48. The van der Waals surface area contributed by atoms with Crippen LogP contribution < -0.4 is 19.7 Å². The van der Waals surface area contributed by atoms with Crippen LogP contribution in [0.25, 0.3) is 21.5 Å². The third-order valence-corrected chi connectivity index (χ3v) is 13.3. The van der Waals surface area contributed by atoms with Crippen molar-refractivity contribution in [1.29, 1.82) is 0 Å². The summed E-state index contributed by atoms with van der Waals surface area (Å²) in [5, 5.41) is 8.60. The van der Waals surface area contributed by atoms with E-state index in [1.165, 1.54) is 29.5 Å². The third-order valence-electron chi connectivity index (χ3n) is 10.1. The molecule has 14 heteroatoms. The summed E-state index contributed by atoms with van der Waals surface area (Å²) in [4.78, 5) is 20.4. The molecule has 5 fully saturated rings. The number of carbonyl (C=O) groups excluding carboxylic acids is 1. The number of ether oxygens (including phenoxy) is 1. The summed E-state index contributed by atoms with van der Waals surface area (Å²) in [7, 11) is -3.79. The van der Waals surface area contributed by atoms with E-state index in [4.69, 9.17) is 14.2 Å².